The van der Waals surface area contributed by atoms with Crippen LogP contribution in [0.25, 0.3) is 11.3 Å². The number of nitro benzene ring substituents is 1. The van der Waals surface area contributed by atoms with Crippen LogP contribution in [0.2, 0.25) is 15.1 Å². The zero-order valence-corrected chi connectivity index (χ0v) is 15.1. The van der Waals surface area contributed by atoms with Crippen LogP contribution < -0.4 is 5.32 Å². The van der Waals surface area contributed by atoms with Crippen molar-refractivity contribution in [1.29, 1.82) is 0 Å². The SMILES string of the molecule is O=C(Nc1ccc(Cl)c(Cl)c1)c1ccc(-c2ccc(Cl)c([N+](=O)[O-])c2)o1. The summed E-state index contributed by atoms with van der Waals surface area (Å²) in [7, 11) is 0. The Morgan fingerprint density at radius 2 is 1.69 bits per heavy atom. The lowest BCUT2D eigenvalue weighted by Crippen LogP contribution is -2.10. The zero-order chi connectivity index (χ0) is 18.8. The molecule has 1 aromatic heterocycles. The summed E-state index contributed by atoms with van der Waals surface area (Å²) in [6.07, 6.45) is 0. The molecule has 1 N–H and O–H groups in total. The number of anilines is 1. The molecule has 0 spiro atoms. The molecule has 132 valence electrons. The summed E-state index contributed by atoms with van der Waals surface area (Å²) in [4.78, 5) is 22.7. The molecule has 0 unspecified atom stereocenters. The Kier molecular flexibility index (Phi) is 5.18. The fourth-order valence-corrected chi connectivity index (χ4v) is 2.67. The molecule has 1 heterocycles. The summed E-state index contributed by atoms with van der Waals surface area (Å²) in [5, 5.41) is 14.3. The second-order valence-electron chi connectivity index (χ2n) is 5.17. The van der Waals surface area contributed by atoms with Crippen molar-refractivity contribution in [2.24, 2.45) is 0 Å². The van der Waals surface area contributed by atoms with Gasteiger partial charge < -0.3 is 9.73 Å². The Labute approximate surface area is 162 Å². The van der Waals surface area contributed by atoms with E-state index in [-0.39, 0.29) is 16.5 Å². The number of benzene rings is 2. The summed E-state index contributed by atoms with van der Waals surface area (Å²) in [5.74, 6) is -0.175. The highest BCUT2D eigenvalue weighted by molar-refractivity contribution is 6.42. The van der Waals surface area contributed by atoms with E-state index in [1.807, 2.05) is 0 Å². The predicted molar refractivity (Wildman–Crippen MR) is 100 cm³/mol. The van der Waals surface area contributed by atoms with Crippen molar-refractivity contribution in [2.75, 3.05) is 5.32 Å². The number of carbonyl (C=O) groups is 1. The molecule has 0 saturated carbocycles. The van der Waals surface area contributed by atoms with Crippen LogP contribution in [-0.4, -0.2) is 10.8 Å². The minimum absolute atomic E-state index is 0.0166. The Hall–Kier alpha value is -2.54. The molecule has 9 heteroatoms. The van der Waals surface area contributed by atoms with Gasteiger partial charge in [-0.1, -0.05) is 34.8 Å². The largest absolute Gasteiger partial charge is 0.451 e. The van der Waals surface area contributed by atoms with Crippen LogP contribution in [0.1, 0.15) is 10.6 Å². The number of rotatable bonds is 4. The van der Waals surface area contributed by atoms with E-state index in [0.717, 1.165) is 0 Å². The Morgan fingerprint density at radius 3 is 2.38 bits per heavy atom. The molecule has 6 nitrogen and oxygen atoms in total. The highest BCUT2D eigenvalue weighted by atomic mass is 35.5. The van der Waals surface area contributed by atoms with Crippen molar-refractivity contribution < 1.29 is 14.1 Å². The van der Waals surface area contributed by atoms with E-state index in [1.54, 1.807) is 18.2 Å². The maximum absolute atomic E-state index is 12.3. The first-order chi connectivity index (χ1) is 12.3. The molecule has 0 aliphatic heterocycles. The normalized spacial score (nSPS) is 10.6. The number of nitrogens with zero attached hydrogens (tertiary/aromatic N) is 1. The average molecular weight is 412 g/mol. The van der Waals surface area contributed by atoms with Crippen LogP contribution in [-0.2, 0) is 0 Å². The first-order valence-corrected chi connectivity index (χ1v) is 8.29. The molecule has 0 aliphatic carbocycles. The van der Waals surface area contributed by atoms with Gasteiger partial charge in [0, 0.05) is 17.3 Å². The van der Waals surface area contributed by atoms with Gasteiger partial charge in [-0.15, -0.1) is 0 Å². The van der Waals surface area contributed by atoms with Gasteiger partial charge in [0.15, 0.2) is 5.76 Å². The quantitative estimate of drug-likeness (QED) is 0.417. The first-order valence-electron chi connectivity index (χ1n) is 7.15. The maximum Gasteiger partial charge on any atom is 0.291 e. The summed E-state index contributed by atoms with van der Waals surface area (Å²) in [6, 6.07) is 11.9. The molecule has 0 saturated heterocycles. The van der Waals surface area contributed by atoms with Gasteiger partial charge in [-0.05, 0) is 42.5 Å². The predicted octanol–water partition coefficient (Wildman–Crippen LogP) is 6.07. The van der Waals surface area contributed by atoms with Gasteiger partial charge in [-0.25, -0.2) is 0 Å². The van der Waals surface area contributed by atoms with E-state index in [1.165, 1.54) is 30.3 Å². The van der Waals surface area contributed by atoms with Crippen LogP contribution >= 0.6 is 34.8 Å². The molecular weight excluding hydrogens is 403 g/mol. The van der Waals surface area contributed by atoms with Gasteiger partial charge >= 0.3 is 0 Å². The topological polar surface area (TPSA) is 85.4 Å². The zero-order valence-electron chi connectivity index (χ0n) is 12.8. The Bertz CT molecular complexity index is 1020. The minimum Gasteiger partial charge on any atom is -0.451 e. The number of furan rings is 1. The molecule has 0 radical (unpaired) electrons. The molecule has 2 aromatic carbocycles. The van der Waals surface area contributed by atoms with Gasteiger partial charge in [0.1, 0.15) is 10.8 Å². The number of nitrogens with one attached hydrogen (secondary N) is 1. The summed E-state index contributed by atoms with van der Waals surface area (Å²) >= 11 is 17.5. The molecule has 3 aromatic rings. The van der Waals surface area contributed by atoms with E-state index < -0.39 is 10.8 Å². The third-order valence-electron chi connectivity index (χ3n) is 3.43. The van der Waals surface area contributed by atoms with Gasteiger partial charge in [0.2, 0.25) is 0 Å². The lowest BCUT2D eigenvalue weighted by molar-refractivity contribution is -0.384. The van der Waals surface area contributed by atoms with Crippen molar-refractivity contribution in [3.63, 3.8) is 0 Å². The highest BCUT2D eigenvalue weighted by Crippen LogP contribution is 2.31. The van der Waals surface area contributed by atoms with Crippen molar-refractivity contribution in [3.05, 3.63) is 79.5 Å². The van der Waals surface area contributed by atoms with Crippen LogP contribution in [0.15, 0.2) is 52.9 Å². The minimum atomic E-state index is -0.591. The van der Waals surface area contributed by atoms with Crippen molar-refractivity contribution in [3.8, 4) is 11.3 Å². The molecular formula is C17H9Cl3N2O4. The average Bonchev–Trinajstić information content (AvgIpc) is 3.08. The number of nitro groups is 1. The van der Waals surface area contributed by atoms with E-state index >= 15 is 0 Å². The second kappa shape index (κ2) is 7.37. The number of amides is 1. The van der Waals surface area contributed by atoms with E-state index in [2.05, 4.69) is 5.32 Å². The molecule has 26 heavy (non-hydrogen) atoms. The van der Waals surface area contributed by atoms with Crippen LogP contribution in [0, 0.1) is 10.1 Å². The maximum atomic E-state index is 12.3. The third kappa shape index (κ3) is 3.83. The fraction of sp³-hybridized carbons (Fsp3) is 0. The number of halogens is 3. The fourth-order valence-electron chi connectivity index (χ4n) is 2.19. The van der Waals surface area contributed by atoms with Crippen LogP contribution in [0.3, 0.4) is 0 Å². The molecule has 0 atom stereocenters. The number of hydrogen-bond donors (Lipinski definition) is 1. The summed E-state index contributed by atoms with van der Waals surface area (Å²) in [6.45, 7) is 0. The van der Waals surface area contributed by atoms with Gasteiger partial charge in [-0.2, -0.15) is 0 Å². The molecule has 1 amide bonds. The smallest absolute Gasteiger partial charge is 0.291 e. The number of carbonyl (C=O) groups excluding carboxylic acids is 1. The molecule has 0 bridgehead atoms. The monoisotopic (exact) mass is 410 g/mol. The van der Waals surface area contributed by atoms with Crippen molar-refractivity contribution >= 4 is 52.1 Å². The third-order valence-corrected chi connectivity index (χ3v) is 4.49. The lowest BCUT2D eigenvalue weighted by Gasteiger charge is -2.04. The van der Waals surface area contributed by atoms with Gasteiger partial charge in [0.05, 0.1) is 15.0 Å². The molecule has 0 fully saturated rings. The Morgan fingerprint density at radius 1 is 0.962 bits per heavy atom. The van der Waals surface area contributed by atoms with E-state index in [4.69, 9.17) is 39.2 Å². The summed E-state index contributed by atoms with van der Waals surface area (Å²) < 4.78 is 5.50. The van der Waals surface area contributed by atoms with Gasteiger partial charge in [0.25, 0.3) is 11.6 Å². The van der Waals surface area contributed by atoms with Crippen LogP contribution in [0.5, 0.6) is 0 Å². The number of hydrogen-bond acceptors (Lipinski definition) is 4. The Balaban J connectivity index is 1.83. The lowest BCUT2D eigenvalue weighted by atomic mass is 10.1. The van der Waals surface area contributed by atoms with Crippen molar-refractivity contribution in [2.45, 2.75) is 0 Å². The molecule has 0 aliphatic rings. The van der Waals surface area contributed by atoms with E-state index in [0.29, 0.717) is 27.1 Å². The molecule has 3 rings (SSSR count). The second-order valence-corrected chi connectivity index (χ2v) is 6.39. The highest BCUT2D eigenvalue weighted by Gasteiger charge is 2.17. The van der Waals surface area contributed by atoms with Crippen LogP contribution in [0.4, 0.5) is 11.4 Å². The summed E-state index contributed by atoms with van der Waals surface area (Å²) in [5.41, 5.74) is 0.626. The van der Waals surface area contributed by atoms with Crippen molar-refractivity contribution in [1.82, 2.24) is 0 Å². The van der Waals surface area contributed by atoms with E-state index in [9.17, 15) is 14.9 Å². The standard InChI is InChI=1S/C17H9Cl3N2O4/c18-11-4-2-10(8-13(11)20)21-17(23)16-6-5-15(26-16)9-1-3-12(19)14(7-9)22(24)25/h1-8H,(H,21,23). The first kappa shape index (κ1) is 18.3. The van der Waals surface area contributed by atoms with Gasteiger partial charge in [-0.3, -0.25) is 14.9 Å².